The van der Waals surface area contributed by atoms with Gasteiger partial charge in [0, 0.05) is 13.1 Å². The first-order valence-corrected chi connectivity index (χ1v) is 7.02. The zero-order valence-corrected chi connectivity index (χ0v) is 12.4. The summed E-state index contributed by atoms with van der Waals surface area (Å²) >= 11 is 0. The minimum atomic E-state index is -0.615. The number of hydrogen-bond acceptors (Lipinski definition) is 2. The quantitative estimate of drug-likeness (QED) is 0.555. The molecule has 5 heteroatoms. The number of phenols is 1. The van der Waals surface area contributed by atoms with Gasteiger partial charge in [0.1, 0.15) is 0 Å². The van der Waals surface area contributed by atoms with Gasteiger partial charge in [-0.1, -0.05) is 19.9 Å². The van der Waals surface area contributed by atoms with Gasteiger partial charge in [0.15, 0.2) is 17.5 Å². The Labute approximate surface area is 120 Å². The molecule has 0 aliphatic carbocycles. The SMILES string of the molecule is CCNC(=NCc1ccc(O)c(F)c1)NCCC(C)C. The lowest BCUT2D eigenvalue weighted by atomic mass is 10.1. The normalized spacial score (nSPS) is 11.8. The summed E-state index contributed by atoms with van der Waals surface area (Å²) in [6.07, 6.45) is 1.07. The largest absolute Gasteiger partial charge is 0.505 e. The van der Waals surface area contributed by atoms with E-state index in [0.29, 0.717) is 12.5 Å². The molecule has 20 heavy (non-hydrogen) atoms. The predicted molar refractivity (Wildman–Crippen MR) is 80.3 cm³/mol. The lowest BCUT2D eigenvalue weighted by Crippen LogP contribution is -2.38. The lowest BCUT2D eigenvalue weighted by molar-refractivity contribution is 0.432. The van der Waals surface area contributed by atoms with E-state index in [1.54, 1.807) is 6.07 Å². The fourth-order valence-corrected chi connectivity index (χ4v) is 1.64. The van der Waals surface area contributed by atoms with Crippen molar-refractivity contribution in [2.45, 2.75) is 33.7 Å². The first-order valence-electron chi connectivity index (χ1n) is 7.02. The van der Waals surface area contributed by atoms with Crippen LogP contribution in [0.1, 0.15) is 32.8 Å². The molecule has 0 radical (unpaired) electrons. The van der Waals surface area contributed by atoms with Crippen LogP contribution in [-0.4, -0.2) is 24.2 Å². The monoisotopic (exact) mass is 281 g/mol. The molecule has 0 aromatic heterocycles. The summed E-state index contributed by atoms with van der Waals surface area (Å²) in [5.41, 5.74) is 0.723. The maximum Gasteiger partial charge on any atom is 0.191 e. The minimum absolute atomic E-state index is 0.334. The topological polar surface area (TPSA) is 56.7 Å². The van der Waals surface area contributed by atoms with E-state index < -0.39 is 5.82 Å². The van der Waals surface area contributed by atoms with Gasteiger partial charge in [-0.25, -0.2) is 9.38 Å². The van der Waals surface area contributed by atoms with Gasteiger partial charge in [-0.3, -0.25) is 0 Å². The number of aromatic hydroxyl groups is 1. The predicted octanol–water partition coefficient (Wildman–Crippen LogP) is 2.63. The summed E-state index contributed by atoms with van der Waals surface area (Å²) in [4.78, 5) is 4.40. The molecule has 0 amide bonds. The third-order valence-corrected chi connectivity index (χ3v) is 2.79. The molecule has 112 valence electrons. The summed E-state index contributed by atoms with van der Waals surface area (Å²) < 4.78 is 13.2. The smallest absolute Gasteiger partial charge is 0.191 e. The first kappa shape index (κ1) is 16.3. The highest BCUT2D eigenvalue weighted by Gasteiger charge is 2.02. The maximum absolute atomic E-state index is 13.2. The molecule has 3 N–H and O–H groups in total. The summed E-state index contributed by atoms with van der Waals surface area (Å²) in [6, 6.07) is 4.31. The van der Waals surface area contributed by atoms with E-state index in [-0.39, 0.29) is 5.75 Å². The van der Waals surface area contributed by atoms with Crippen LogP contribution in [-0.2, 0) is 6.54 Å². The van der Waals surface area contributed by atoms with Crippen molar-refractivity contribution in [1.82, 2.24) is 10.6 Å². The van der Waals surface area contributed by atoms with Gasteiger partial charge >= 0.3 is 0 Å². The van der Waals surface area contributed by atoms with Crippen LogP contribution in [0.2, 0.25) is 0 Å². The molecule has 1 rings (SSSR count). The number of aliphatic imine (C=N–C) groups is 1. The molecule has 1 aromatic rings. The number of benzene rings is 1. The van der Waals surface area contributed by atoms with Crippen LogP contribution >= 0.6 is 0 Å². The second-order valence-electron chi connectivity index (χ2n) is 5.09. The van der Waals surface area contributed by atoms with E-state index in [1.165, 1.54) is 12.1 Å². The van der Waals surface area contributed by atoms with Gasteiger partial charge in [0.25, 0.3) is 0 Å². The standard InChI is InChI=1S/C15H24FN3O/c1-4-17-15(18-8-7-11(2)3)19-10-12-5-6-14(20)13(16)9-12/h5-6,9,11,20H,4,7-8,10H2,1-3H3,(H2,17,18,19). The Hall–Kier alpha value is -1.78. The molecule has 0 heterocycles. The van der Waals surface area contributed by atoms with Crippen LogP contribution in [0.5, 0.6) is 5.75 Å². The number of guanidine groups is 1. The lowest BCUT2D eigenvalue weighted by Gasteiger charge is -2.12. The van der Waals surface area contributed by atoms with E-state index in [9.17, 15) is 4.39 Å². The summed E-state index contributed by atoms with van der Waals surface area (Å²) in [7, 11) is 0. The first-order chi connectivity index (χ1) is 9.52. The second kappa shape index (κ2) is 8.40. The molecule has 0 aliphatic heterocycles. The fourth-order valence-electron chi connectivity index (χ4n) is 1.64. The van der Waals surface area contributed by atoms with Crippen molar-refractivity contribution in [3.63, 3.8) is 0 Å². The third-order valence-electron chi connectivity index (χ3n) is 2.79. The average molecular weight is 281 g/mol. The van der Waals surface area contributed by atoms with Crippen molar-refractivity contribution in [2.75, 3.05) is 13.1 Å². The number of halogens is 1. The minimum Gasteiger partial charge on any atom is -0.505 e. The van der Waals surface area contributed by atoms with E-state index in [1.807, 2.05) is 6.92 Å². The molecule has 0 saturated heterocycles. The molecule has 0 aliphatic rings. The highest BCUT2D eigenvalue weighted by molar-refractivity contribution is 5.79. The molecule has 0 fully saturated rings. The number of phenolic OH excluding ortho intramolecular Hbond substituents is 1. The van der Waals surface area contributed by atoms with Gasteiger partial charge in [-0.05, 0) is 37.0 Å². The molecule has 0 saturated carbocycles. The van der Waals surface area contributed by atoms with Gasteiger partial charge in [0.2, 0.25) is 0 Å². The molecule has 0 unspecified atom stereocenters. The maximum atomic E-state index is 13.2. The highest BCUT2D eigenvalue weighted by Crippen LogP contribution is 2.16. The summed E-state index contributed by atoms with van der Waals surface area (Å²) in [5.74, 6) is 0.411. The second-order valence-corrected chi connectivity index (χ2v) is 5.09. The molecule has 0 spiro atoms. The Morgan fingerprint density at radius 1 is 1.35 bits per heavy atom. The van der Waals surface area contributed by atoms with Crippen LogP contribution in [0, 0.1) is 11.7 Å². The van der Waals surface area contributed by atoms with Gasteiger partial charge in [0.05, 0.1) is 6.54 Å². The Bertz CT molecular complexity index is 447. The summed E-state index contributed by atoms with van der Waals surface area (Å²) in [6.45, 7) is 8.34. The third kappa shape index (κ3) is 5.91. The van der Waals surface area contributed by atoms with Crippen molar-refractivity contribution in [3.05, 3.63) is 29.6 Å². The van der Waals surface area contributed by atoms with Gasteiger partial charge < -0.3 is 15.7 Å². The average Bonchev–Trinajstić information content (AvgIpc) is 2.39. The van der Waals surface area contributed by atoms with Crippen LogP contribution in [0.15, 0.2) is 23.2 Å². The van der Waals surface area contributed by atoms with Crippen LogP contribution in [0.25, 0.3) is 0 Å². The highest BCUT2D eigenvalue weighted by atomic mass is 19.1. The zero-order valence-electron chi connectivity index (χ0n) is 12.4. The molecule has 0 atom stereocenters. The van der Waals surface area contributed by atoms with Crippen molar-refractivity contribution < 1.29 is 9.50 Å². The Balaban J connectivity index is 2.58. The van der Waals surface area contributed by atoms with Crippen molar-refractivity contribution >= 4 is 5.96 Å². The molecule has 1 aromatic carbocycles. The van der Waals surface area contributed by atoms with E-state index in [0.717, 1.165) is 31.0 Å². The number of nitrogens with one attached hydrogen (secondary N) is 2. The van der Waals surface area contributed by atoms with Gasteiger partial charge in [-0.15, -0.1) is 0 Å². The van der Waals surface area contributed by atoms with Crippen molar-refractivity contribution in [2.24, 2.45) is 10.9 Å². The molecule has 4 nitrogen and oxygen atoms in total. The molecule has 0 bridgehead atoms. The molecular formula is C15H24FN3O. The zero-order chi connectivity index (χ0) is 15.0. The van der Waals surface area contributed by atoms with E-state index in [2.05, 4.69) is 29.5 Å². The summed E-state index contributed by atoms with van der Waals surface area (Å²) in [5, 5.41) is 15.5. The van der Waals surface area contributed by atoms with Crippen molar-refractivity contribution in [3.8, 4) is 5.75 Å². The Kier molecular flexibility index (Phi) is 6.84. The fraction of sp³-hybridized carbons (Fsp3) is 0.533. The van der Waals surface area contributed by atoms with Crippen LogP contribution in [0.4, 0.5) is 4.39 Å². The number of nitrogens with zero attached hydrogens (tertiary/aromatic N) is 1. The van der Waals surface area contributed by atoms with Gasteiger partial charge in [-0.2, -0.15) is 0 Å². The molecular weight excluding hydrogens is 257 g/mol. The Morgan fingerprint density at radius 2 is 2.10 bits per heavy atom. The van der Waals surface area contributed by atoms with E-state index in [4.69, 9.17) is 5.11 Å². The van der Waals surface area contributed by atoms with E-state index >= 15 is 0 Å². The number of rotatable bonds is 6. The number of hydrogen-bond donors (Lipinski definition) is 3. The van der Waals surface area contributed by atoms with Crippen molar-refractivity contribution in [1.29, 1.82) is 0 Å². The Morgan fingerprint density at radius 3 is 2.70 bits per heavy atom. The van der Waals surface area contributed by atoms with Crippen LogP contribution in [0.3, 0.4) is 0 Å². The van der Waals surface area contributed by atoms with Crippen LogP contribution < -0.4 is 10.6 Å².